The number of amides is 1. The standard InChI is InChI=1S/C19H20N4O2/c24-19(22-11-7-17(8-12-22)23-20-9-10-21-23)14-25-18-6-5-15-3-1-2-4-16(15)13-18/h1-6,9-10,13,17H,7-8,11-12,14H2. The lowest BCUT2D eigenvalue weighted by Gasteiger charge is -2.31. The number of piperidine rings is 1. The number of hydrogen-bond donors (Lipinski definition) is 0. The fourth-order valence-corrected chi connectivity index (χ4v) is 3.25. The van der Waals surface area contributed by atoms with E-state index in [0.29, 0.717) is 13.1 Å². The summed E-state index contributed by atoms with van der Waals surface area (Å²) < 4.78 is 5.71. The van der Waals surface area contributed by atoms with E-state index in [0.717, 1.165) is 29.4 Å². The van der Waals surface area contributed by atoms with Gasteiger partial charge in [-0.15, -0.1) is 0 Å². The highest BCUT2D eigenvalue weighted by Gasteiger charge is 2.24. The first-order valence-electron chi connectivity index (χ1n) is 8.55. The average Bonchev–Trinajstić information content (AvgIpc) is 3.21. The number of carbonyl (C=O) groups is 1. The molecule has 0 unspecified atom stereocenters. The summed E-state index contributed by atoms with van der Waals surface area (Å²) in [4.78, 5) is 16.0. The molecule has 0 atom stereocenters. The van der Waals surface area contributed by atoms with E-state index < -0.39 is 0 Å². The highest BCUT2D eigenvalue weighted by atomic mass is 16.5. The van der Waals surface area contributed by atoms with Crippen LogP contribution in [0.1, 0.15) is 18.9 Å². The Morgan fingerprint density at radius 2 is 1.76 bits per heavy atom. The second kappa shape index (κ2) is 6.93. The molecule has 2 aromatic carbocycles. The second-order valence-corrected chi connectivity index (χ2v) is 6.26. The molecule has 128 valence electrons. The topological polar surface area (TPSA) is 60.2 Å². The second-order valence-electron chi connectivity index (χ2n) is 6.26. The molecule has 6 nitrogen and oxygen atoms in total. The van der Waals surface area contributed by atoms with Gasteiger partial charge in [0.15, 0.2) is 6.61 Å². The summed E-state index contributed by atoms with van der Waals surface area (Å²) in [6.07, 6.45) is 5.12. The van der Waals surface area contributed by atoms with Gasteiger partial charge in [0.25, 0.3) is 5.91 Å². The van der Waals surface area contributed by atoms with Gasteiger partial charge in [0.05, 0.1) is 18.4 Å². The maximum Gasteiger partial charge on any atom is 0.260 e. The largest absolute Gasteiger partial charge is 0.484 e. The third kappa shape index (κ3) is 3.47. The molecule has 1 saturated heterocycles. The molecule has 0 N–H and O–H groups in total. The number of benzene rings is 2. The third-order valence-corrected chi connectivity index (χ3v) is 4.66. The molecule has 0 spiro atoms. The van der Waals surface area contributed by atoms with Crippen LogP contribution in [0.4, 0.5) is 0 Å². The van der Waals surface area contributed by atoms with E-state index >= 15 is 0 Å². The van der Waals surface area contributed by atoms with Gasteiger partial charge in [0.2, 0.25) is 0 Å². The van der Waals surface area contributed by atoms with Crippen LogP contribution in [0.25, 0.3) is 10.8 Å². The summed E-state index contributed by atoms with van der Waals surface area (Å²) in [5, 5.41) is 10.6. The Kier molecular flexibility index (Phi) is 4.33. The average molecular weight is 336 g/mol. The minimum Gasteiger partial charge on any atom is -0.484 e. The van der Waals surface area contributed by atoms with Crippen molar-refractivity contribution < 1.29 is 9.53 Å². The van der Waals surface area contributed by atoms with Gasteiger partial charge in [-0.2, -0.15) is 15.0 Å². The molecule has 1 aliphatic rings. The first kappa shape index (κ1) is 15.6. The molecule has 0 aliphatic carbocycles. The predicted octanol–water partition coefficient (Wildman–Crippen LogP) is 2.67. The summed E-state index contributed by atoms with van der Waals surface area (Å²) in [5.41, 5.74) is 0. The molecule has 3 aromatic rings. The van der Waals surface area contributed by atoms with Crippen molar-refractivity contribution in [2.45, 2.75) is 18.9 Å². The van der Waals surface area contributed by atoms with Crippen LogP contribution in [-0.2, 0) is 4.79 Å². The fourth-order valence-electron chi connectivity index (χ4n) is 3.25. The molecule has 6 heteroatoms. The van der Waals surface area contributed by atoms with E-state index in [9.17, 15) is 4.79 Å². The van der Waals surface area contributed by atoms with Gasteiger partial charge >= 0.3 is 0 Å². The summed E-state index contributed by atoms with van der Waals surface area (Å²) >= 11 is 0. The SMILES string of the molecule is O=C(COc1ccc2ccccc2c1)N1CCC(n2nccn2)CC1. The van der Waals surface area contributed by atoms with Crippen LogP contribution in [0, 0.1) is 0 Å². The maximum atomic E-state index is 12.4. The van der Waals surface area contributed by atoms with Crippen LogP contribution in [0.2, 0.25) is 0 Å². The zero-order chi connectivity index (χ0) is 17.1. The molecule has 1 aromatic heterocycles. The Morgan fingerprint density at radius 3 is 2.52 bits per heavy atom. The van der Waals surface area contributed by atoms with Gasteiger partial charge in [-0.1, -0.05) is 30.3 Å². The number of fused-ring (bicyclic) bond motifs is 1. The Balaban J connectivity index is 1.31. The van der Waals surface area contributed by atoms with Crippen LogP contribution >= 0.6 is 0 Å². The number of likely N-dealkylation sites (tertiary alicyclic amines) is 1. The lowest BCUT2D eigenvalue weighted by molar-refractivity contribution is -0.134. The molecule has 1 fully saturated rings. The summed E-state index contributed by atoms with van der Waals surface area (Å²) in [6, 6.07) is 14.3. The Labute approximate surface area is 146 Å². The monoisotopic (exact) mass is 336 g/mol. The highest BCUT2D eigenvalue weighted by molar-refractivity contribution is 5.84. The number of hydrogen-bond acceptors (Lipinski definition) is 4. The lowest BCUT2D eigenvalue weighted by atomic mass is 10.1. The van der Waals surface area contributed by atoms with Crippen molar-refractivity contribution >= 4 is 16.7 Å². The van der Waals surface area contributed by atoms with Crippen LogP contribution in [0.15, 0.2) is 54.9 Å². The maximum absolute atomic E-state index is 12.4. The van der Waals surface area contributed by atoms with Crippen molar-refractivity contribution in [3.8, 4) is 5.75 Å². The number of ether oxygens (including phenoxy) is 1. The van der Waals surface area contributed by atoms with Crippen molar-refractivity contribution in [2.24, 2.45) is 0 Å². The van der Waals surface area contributed by atoms with E-state index in [-0.39, 0.29) is 18.6 Å². The van der Waals surface area contributed by atoms with Crippen molar-refractivity contribution in [3.63, 3.8) is 0 Å². The molecule has 0 radical (unpaired) electrons. The van der Waals surface area contributed by atoms with E-state index in [1.54, 1.807) is 17.2 Å². The minimum atomic E-state index is 0.0278. The van der Waals surface area contributed by atoms with Gasteiger partial charge < -0.3 is 9.64 Å². The van der Waals surface area contributed by atoms with Crippen molar-refractivity contribution in [1.82, 2.24) is 19.9 Å². The molecule has 2 heterocycles. The van der Waals surface area contributed by atoms with Crippen LogP contribution < -0.4 is 4.74 Å². The summed E-state index contributed by atoms with van der Waals surface area (Å²) in [6.45, 7) is 1.50. The van der Waals surface area contributed by atoms with Crippen molar-refractivity contribution in [3.05, 3.63) is 54.9 Å². The number of nitrogens with zero attached hydrogens (tertiary/aromatic N) is 4. The van der Waals surface area contributed by atoms with Crippen molar-refractivity contribution in [2.75, 3.05) is 19.7 Å². The van der Waals surface area contributed by atoms with Gasteiger partial charge in [0.1, 0.15) is 5.75 Å². The Bertz CT molecular complexity index is 855. The van der Waals surface area contributed by atoms with Crippen LogP contribution in [-0.4, -0.2) is 45.5 Å². The van der Waals surface area contributed by atoms with E-state index in [4.69, 9.17) is 4.74 Å². The van der Waals surface area contributed by atoms with E-state index in [2.05, 4.69) is 16.3 Å². The number of aromatic nitrogens is 3. The molecule has 25 heavy (non-hydrogen) atoms. The molecular formula is C19H20N4O2. The Hall–Kier alpha value is -2.89. The molecule has 1 aliphatic heterocycles. The zero-order valence-electron chi connectivity index (χ0n) is 13.9. The first-order valence-corrected chi connectivity index (χ1v) is 8.55. The van der Waals surface area contributed by atoms with Gasteiger partial charge in [-0.3, -0.25) is 4.79 Å². The summed E-state index contributed by atoms with van der Waals surface area (Å²) in [7, 11) is 0. The van der Waals surface area contributed by atoms with Gasteiger partial charge in [-0.05, 0) is 35.7 Å². The minimum absolute atomic E-state index is 0.0278. The molecular weight excluding hydrogens is 316 g/mol. The number of rotatable bonds is 4. The zero-order valence-corrected chi connectivity index (χ0v) is 13.9. The van der Waals surface area contributed by atoms with Gasteiger partial charge in [-0.25, -0.2) is 0 Å². The highest BCUT2D eigenvalue weighted by Crippen LogP contribution is 2.22. The normalized spacial score (nSPS) is 15.4. The molecule has 0 bridgehead atoms. The lowest BCUT2D eigenvalue weighted by Crippen LogP contribution is -2.41. The third-order valence-electron chi connectivity index (χ3n) is 4.66. The van der Waals surface area contributed by atoms with E-state index in [1.165, 1.54) is 0 Å². The quantitative estimate of drug-likeness (QED) is 0.735. The van der Waals surface area contributed by atoms with Gasteiger partial charge in [0, 0.05) is 13.1 Å². The first-order chi connectivity index (χ1) is 12.3. The van der Waals surface area contributed by atoms with Crippen LogP contribution in [0.3, 0.4) is 0 Å². The van der Waals surface area contributed by atoms with Crippen LogP contribution in [0.5, 0.6) is 5.75 Å². The molecule has 0 saturated carbocycles. The fraction of sp³-hybridized carbons (Fsp3) is 0.316. The van der Waals surface area contributed by atoms with Crippen molar-refractivity contribution in [1.29, 1.82) is 0 Å². The Morgan fingerprint density at radius 1 is 1.04 bits per heavy atom. The molecule has 1 amide bonds. The number of carbonyl (C=O) groups excluding carboxylic acids is 1. The summed E-state index contributed by atoms with van der Waals surface area (Å²) in [5.74, 6) is 0.753. The smallest absolute Gasteiger partial charge is 0.260 e. The predicted molar refractivity (Wildman–Crippen MR) is 94.3 cm³/mol. The van der Waals surface area contributed by atoms with E-state index in [1.807, 2.05) is 41.3 Å². The molecule has 4 rings (SSSR count).